The molecular weight excluding hydrogens is 188 g/mol. The van der Waals surface area contributed by atoms with Crippen molar-refractivity contribution in [1.29, 1.82) is 0 Å². The summed E-state index contributed by atoms with van der Waals surface area (Å²) in [4.78, 5) is 10.3. The first kappa shape index (κ1) is 12.0. The summed E-state index contributed by atoms with van der Waals surface area (Å²) in [6.07, 6.45) is 0.840. The monoisotopic (exact) mass is 200 g/mol. The molecule has 0 heterocycles. The molecule has 0 aromatic heterocycles. The highest BCUT2D eigenvalue weighted by molar-refractivity contribution is 5.85. The number of aliphatic carboxylic acids is 1. The average Bonchev–Trinajstić information content (AvgIpc) is 2.03. The minimum absolute atomic E-state index is 0. The standard InChI is InChI=1S/C10H12O2.ClH/c1-8-4-2-3-5-9(8)6-7-10(11)12;/h2-5H,6-7H2,1H3,(H,11,12);1H. The second kappa shape index (κ2) is 5.60. The molecule has 0 saturated heterocycles. The van der Waals surface area contributed by atoms with Crippen molar-refractivity contribution in [3.8, 4) is 0 Å². The molecule has 0 spiro atoms. The van der Waals surface area contributed by atoms with E-state index >= 15 is 0 Å². The number of carboxylic acids is 1. The maximum Gasteiger partial charge on any atom is 0.303 e. The fourth-order valence-electron chi connectivity index (χ4n) is 1.13. The van der Waals surface area contributed by atoms with Crippen LogP contribution in [0.1, 0.15) is 17.5 Å². The molecule has 0 aliphatic rings. The van der Waals surface area contributed by atoms with E-state index in [1.807, 2.05) is 31.2 Å². The normalized spacial score (nSPS) is 9.00. The summed E-state index contributed by atoms with van der Waals surface area (Å²) in [7, 11) is 0. The van der Waals surface area contributed by atoms with E-state index in [-0.39, 0.29) is 18.8 Å². The van der Waals surface area contributed by atoms with Crippen molar-refractivity contribution in [2.45, 2.75) is 19.8 Å². The number of hydrogen-bond acceptors (Lipinski definition) is 1. The summed E-state index contributed by atoms with van der Waals surface area (Å²) in [6, 6.07) is 7.86. The molecule has 72 valence electrons. The molecule has 1 N–H and O–H groups in total. The maximum absolute atomic E-state index is 10.3. The Morgan fingerprint density at radius 2 is 2.00 bits per heavy atom. The van der Waals surface area contributed by atoms with E-state index in [1.165, 1.54) is 5.56 Å². The first-order valence-corrected chi connectivity index (χ1v) is 3.96. The Bertz CT molecular complexity index is 284. The highest BCUT2D eigenvalue weighted by Gasteiger charge is 2.00. The van der Waals surface area contributed by atoms with Gasteiger partial charge in [0.1, 0.15) is 0 Å². The van der Waals surface area contributed by atoms with E-state index < -0.39 is 5.97 Å². The molecule has 2 nitrogen and oxygen atoms in total. The van der Waals surface area contributed by atoms with E-state index in [9.17, 15) is 4.79 Å². The number of halogens is 1. The van der Waals surface area contributed by atoms with Gasteiger partial charge in [0.2, 0.25) is 0 Å². The van der Waals surface area contributed by atoms with Crippen LogP contribution in [0.4, 0.5) is 0 Å². The van der Waals surface area contributed by atoms with Crippen molar-refractivity contribution < 1.29 is 9.90 Å². The quantitative estimate of drug-likeness (QED) is 0.814. The van der Waals surface area contributed by atoms with Crippen LogP contribution < -0.4 is 0 Å². The summed E-state index contributed by atoms with van der Waals surface area (Å²) in [5, 5.41) is 8.47. The van der Waals surface area contributed by atoms with Crippen LogP contribution in [0, 0.1) is 6.92 Å². The second-order valence-corrected chi connectivity index (χ2v) is 2.82. The summed E-state index contributed by atoms with van der Waals surface area (Å²) < 4.78 is 0. The van der Waals surface area contributed by atoms with Crippen LogP contribution in [0.5, 0.6) is 0 Å². The molecule has 1 rings (SSSR count). The molecule has 0 amide bonds. The lowest BCUT2D eigenvalue weighted by atomic mass is 10.0. The molecule has 0 bridgehead atoms. The molecule has 0 unspecified atom stereocenters. The van der Waals surface area contributed by atoms with E-state index in [1.54, 1.807) is 0 Å². The lowest BCUT2D eigenvalue weighted by Crippen LogP contribution is -1.98. The average molecular weight is 201 g/mol. The van der Waals surface area contributed by atoms with Crippen molar-refractivity contribution in [3.05, 3.63) is 35.4 Å². The molecule has 0 aliphatic heterocycles. The summed E-state index contributed by atoms with van der Waals surface area (Å²) in [5.41, 5.74) is 2.29. The lowest BCUT2D eigenvalue weighted by Gasteiger charge is -2.01. The molecule has 0 atom stereocenters. The van der Waals surface area contributed by atoms with Crippen LogP contribution in [-0.4, -0.2) is 11.1 Å². The predicted molar refractivity (Wildman–Crippen MR) is 54.4 cm³/mol. The van der Waals surface area contributed by atoms with Gasteiger partial charge < -0.3 is 5.11 Å². The van der Waals surface area contributed by atoms with Gasteiger partial charge in [-0.3, -0.25) is 4.79 Å². The van der Waals surface area contributed by atoms with Crippen molar-refractivity contribution in [1.82, 2.24) is 0 Å². The third kappa shape index (κ3) is 3.95. The summed E-state index contributed by atoms with van der Waals surface area (Å²) >= 11 is 0. The van der Waals surface area contributed by atoms with E-state index in [0.29, 0.717) is 6.42 Å². The van der Waals surface area contributed by atoms with Crippen LogP contribution >= 0.6 is 12.4 Å². The van der Waals surface area contributed by atoms with Gasteiger partial charge in [0.25, 0.3) is 0 Å². The fraction of sp³-hybridized carbons (Fsp3) is 0.300. The van der Waals surface area contributed by atoms with Gasteiger partial charge in [0, 0.05) is 6.42 Å². The minimum Gasteiger partial charge on any atom is -0.481 e. The van der Waals surface area contributed by atoms with Gasteiger partial charge in [0.05, 0.1) is 0 Å². The number of rotatable bonds is 3. The van der Waals surface area contributed by atoms with Crippen molar-refractivity contribution in [2.24, 2.45) is 0 Å². The van der Waals surface area contributed by atoms with Crippen molar-refractivity contribution >= 4 is 18.4 Å². The smallest absolute Gasteiger partial charge is 0.303 e. The van der Waals surface area contributed by atoms with Crippen LogP contribution in [0.3, 0.4) is 0 Å². The fourth-order valence-corrected chi connectivity index (χ4v) is 1.13. The van der Waals surface area contributed by atoms with Crippen LogP contribution in [0.15, 0.2) is 24.3 Å². The number of hydrogen-bond donors (Lipinski definition) is 1. The van der Waals surface area contributed by atoms with E-state index in [0.717, 1.165) is 5.56 Å². The SMILES string of the molecule is Cc1ccccc1CCC(=O)O.Cl. The van der Waals surface area contributed by atoms with Gasteiger partial charge in [0.15, 0.2) is 0 Å². The highest BCUT2D eigenvalue weighted by atomic mass is 35.5. The first-order valence-electron chi connectivity index (χ1n) is 3.96. The largest absolute Gasteiger partial charge is 0.481 e. The Morgan fingerprint density at radius 3 is 2.54 bits per heavy atom. The highest BCUT2D eigenvalue weighted by Crippen LogP contribution is 2.08. The van der Waals surface area contributed by atoms with E-state index in [2.05, 4.69) is 0 Å². The van der Waals surface area contributed by atoms with Crippen LogP contribution in [-0.2, 0) is 11.2 Å². The second-order valence-electron chi connectivity index (χ2n) is 2.82. The first-order chi connectivity index (χ1) is 5.70. The molecule has 0 saturated carbocycles. The minimum atomic E-state index is -0.738. The molecule has 0 fully saturated rings. The predicted octanol–water partition coefficient (Wildman–Crippen LogP) is 2.43. The third-order valence-corrected chi connectivity index (χ3v) is 1.87. The molecule has 0 aliphatic carbocycles. The van der Waals surface area contributed by atoms with Crippen molar-refractivity contribution in [2.75, 3.05) is 0 Å². The Hall–Kier alpha value is -1.02. The van der Waals surface area contributed by atoms with Crippen molar-refractivity contribution in [3.63, 3.8) is 0 Å². The third-order valence-electron chi connectivity index (χ3n) is 1.87. The van der Waals surface area contributed by atoms with Gasteiger partial charge >= 0.3 is 5.97 Å². The number of carboxylic acid groups (broad SMARTS) is 1. The van der Waals surface area contributed by atoms with Gasteiger partial charge in [-0.25, -0.2) is 0 Å². The van der Waals surface area contributed by atoms with Gasteiger partial charge in [-0.1, -0.05) is 24.3 Å². The zero-order valence-electron chi connectivity index (χ0n) is 7.49. The summed E-state index contributed by atoms with van der Waals surface area (Å²) in [5.74, 6) is -0.738. The number of aryl methyl sites for hydroxylation is 2. The topological polar surface area (TPSA) is 37.3 Å². The zero-order valence-corrected chi connectivity index (χ0v) is 8.30. The molecule has 1 aromatic carbocycles. The molecular formula is C10H13ClO2. The molecule has 1 aromatic rings. The van der Waals surface area contributed by atoms with Crippen LogP contribution in [0.2, 0.25) is 0 Å². The lowest BCUT2D eigenvalue weighted by molar-refractivity contribution is -0.136. The van der Waals surface area contributed by atoms with Crippen LogP contribution in [0.25, 0.3) is 0 Å². The Morgan fingerprint density at radius 1 is 1.38 bits per heavy atom. The zero-order chi connectivity index (χ0) is 8.97. The Kier molecular flexibility index (Phi) is 5.16. The van der Waals surface area contributed by atoms with E-state index in [4.69, 9.17) is 5.11 Å². The maximum atomic E-state index is 10.3. The summed E-state index contributed by atoms with van der Waals surface area (Å²) in [6.45, 7) is 2.00. The Labute approximate surface area is 84.0 Å². The number of carbonyl (C=O) groups is 1. The van der Waals surface area contributed by atoms with Gasteiger partial charge in [-0.15, -0.1) is 12.4 Å². The molecule has 0 radical (unpaired) electrons. The Balaban J connectivity index is 0.00000144. The van der Waals surface area contributed by atoms with Gasteiger partial charge in [-0.05, 0) is 24.5 Å². The molecule has 13 heavy (non-hydrogen) atoms. The van der Waals surface area contributed by atoms with Gasteiger partial charge in [-0.2, -0.15) is 0 Å². The number of benzene rings is 1. The molecule has 3 heteroatoms.